The predicted octanol–water partition coefficient (Wildman–Crippen LogP) is 3.42. The fraction of sp³-hybridized carbons (Fsp3) is 0.619. The third-order valence-electron chi connectivity index (χ3n) is 4.73. The smallest absolute Gasteiger partial charge is 0.308 e. The van der Waals surface area contributed by atoms with Gasteiger partial charge in [-0.25, -0.2) is 0 Å². The van der Waals surface area contributed by atoms with Gasteiger partial charge in [0.25, 0.3) is 0 Å². The van der Waals surface area contributed by atoms with Gasteiger partial charge in [0.2, 0.25) is 12.7 Å². The number of esters is 1. The van der Waals surface area contributed by atoms with E-state index in [9.17, 15) is 9.59 Å². The number of ether oxygens (including phenoxy) is 3. The lowest BCUT2D eigenvalue weighted by atomic mass is 9.89. The van der Waals surface area contributed by atoms with Gasteiger partial charge in [0.05, 0.1) is 12.5 Å². The number of carbonyl (C=O) groups is 2. The van der Waals surface area contributed by atoms with E-state index >= 15 is 0 Å². The SMILES string of the molecule is CC(C)C(=O)OCC(C)(C)CC(=O)N(C)C(C)Cc1ccc2c(c1)OCO2. The first-order chi connectivity index (χ1) is 12.6. The van der Waals surface area contributed by atoms with Gasteiger partial charge in [-0.05, 0) is 31.0 Å². The Labute approximate surface area is 161 Å². The van der Waals surface area contributed by atoms with Crippen molar-refractivity contribution in [2.24, 2.45) is 11.3 Å². The van der Waals surface area contributed by atoms with E-state index in [1.807, 2.05) is 46.0 Å². The van der Waals surface area contributed by atoms with Gasteiger partial charge in [-0.3, -0.25) is 9.59 Å². The van der Waals surface area contributed by atoms with E-state index in [0.29, 0.717) is 6.42 Å². The minimum atomic E-state index is -0.408. The number of amides is 1. The van der Waals surface area contributed by atoms with Crippen molar-refractivity contribution in [2.75, 3.05) is 20.4 Å². The van der Waals surface area contributed by atoms with Crippen LogP contribution in [0.1, 0.15) is 46.6 Å². The Bertz CT molecular complexity index is 683. The normalized spacial score (nSPS) is 14.2. The van der Waals surface area contributed by atoms with Crippen molar-refractivity contribution in [1.82, 2.24) is 4.90 Å². The zero-order valence-electron chi connectivity index (χ0n) is 17.2. The predicted molar refractivity (Wildman–Crippen MR) is 103 cm³/mol. The molecule has 0 N–H and O–H groups in total. The van der Waals surface area contributed by atoms with Gasteiger partial charge in [-0.1, -0.05) is 33.8 Å². The number of rotatable bonds is 8. The molecule has 1 amide bonds. The Morgan fingerprint density at radius 1 is 1.19 bits per heavy atom. The summed E-state index contributed by atoms with van der Waals surface area (Å²) in [5.74, 6) is 1.14. The number of fused-ring (bicyclic) bond motifs is 1. The summed E-state index contributed by atoms with van der Waals surface area (Å²) in [6.45, 7) is 9.99. The molecule has 2 rings (SSSR count). The molecule has 27 heavy (non-hydrogen) atoms. The molecule has 1 aromatic rings. The number of benzene rings is 1. The molecule has 1 aromatic carbocycles. The monoisotopic (exact) mass is 377 g/mol. The van der Waals surface area contributed by atoms with Crippen molar-refractivity contribution in [1.29, 1.82) is 0 Å². The first kappa shape index (κ1) is 21.1. The van der Waals surface area contributed by atoms with Crippen molar-refractivity contribution < 1.29 is 23.8 Å². The zero-order valence-corrected chi connectivity index (χ0v) is 17.2. The quantitative estimate of drug-likeness (QED) is 0.650. The third-order valence-corrected chi connectivity index (χ3v) is 4.73. The Morgan fingerprint density at radius 3 is 2.52 bits per heavy atom. The highest BCUT2D eigenvalue weighted by molar-refractivity contribution is 5.77. The minimum absolute atomic E-state index is 0.0342. The summed E-state index contributed by atoms with van der Waals surface area (Å²) in [5, 5.41) is 0. The maximum atomic E-state index is 12.7. The second-order valence-electron chi connectivity index (χ2n) is 8.35. The van der Waals surface area contributed by atoms with E-state index in [1.165, 1.54) is 0 Å². The molecular weight excluding hydrogens is 346 g/mol. The lowest BCUT2D eigenvalue weighted by Gasteiger charge is -2.30. The van der Waals surface area contributed by atoms with Gasteiger partial charge in [0, 0.05) is 24.9 Å². The third kappa shape index (κ3) is 5.88. The maximum Gasteiger partial charge on any atom is 0.308 e. The molecule has 1 aliphatic rings. The number of hydrogen-bond donors (Lipinski definition) is 0. The van der Waals surface area contributed by atoms with Crippen molar-refractivity contribution in [2.45, 2.75) is 53.5 Å². The molecule has 150 valence electrons. The number of nitrogens with zero attached hydrogens (tertiary/aromatic N) is 1. The van der Waals surface area contributed by atoms with Crippen molar-refractivity contribution in [3.8, 4) is 11.5 Å². The van der Waals surface area contributed by atoms with Gasteiger partial charge in [-0.2, -0.15) is 0 Å². The van der Waals surface area contributed by atoms with Gasteiger partial charge in [-0.15, -0.1) is 0 Å². The highest BCUT2D eigenvalue weighted by Gasteiger charge is 2.28. The summed E-state index contributed by atoms with van der Waals surface area (Å²) >= 11 is 0. The molecule has 0 saturated heterocycles. The largest absolute Gasteiger partial charge is 0.465 e. The molecule has 1 heterocycles. The van der Waals surface area contributed by atoms with E-state index in [4.69, 9.17) is 14.2 Å². The van der Waals surface area contributed by atoms with Crippen molar-refractivity contribution >= 4 is 11.9 Å². The summed E-state index contributed by atoms with van der Waals surface area (Å²) in [6, 6.07) is 5.90. The molecule has 6 nitrogen and oxygen atoms in total. The summed E-state index contributed by atoms with van der Waals surface area (Å²) in [4.78, 5) is 26.1. The molecular formula is C21H31NO5. The minimum Gasteiger partial charge on any atom is -0.465 e. The van der Waals surface area contributed by atoms with Crippen LogP contribution in [0, 0.1) is 11.3 Å². The fourth-order valence-electron chi connectivity index (χ4n) is 2.81. The highest BCUT2D eigenvalue weighted by atomic mass is 16.7. The van der Waals surface area contributed by atoms with E-state index in [2.05, 4.69) is 0 Å². The Morgan fingerprint density at radius 2 is 1.85 bits per heavy atom. The molecule has 0 radical (unpaired) electrons. The zero-order chi connectivity index (χ0) is 20.2. The van der Waals surface area contributed by atoms with Crippen LogP contribution in [-0.4, -0.2) is 43.3 Å². The average Bonchev–Trinajstić information content (AvgIpc) is 3.06. The Kier molecular flexibility index (Phi) is 6.73. The standard InChI is InChI=1S/C21H31NO5/c1-14(2)20(24)25-12-21(4,5)11-19(23)22(6)15(3)9-16-7-8-17-18(10-16)27-13-26-17/h7-8,10,14-15H,9,11-13H2,1-6H3. The van der Waals surface area contributed by atoms with E-state index in [0.717, 1.165) is 23.5 Å². The van der Waals surface area contributed by atoms with Gasteiger partial charge in [0.15, 0.2) is 11.5 Å². The van der Waals surface area contributed by atoms with Crippen LogP contribution in [0.5, 0.6) is 11.5 Å². The molecule has 1 atom stereocenters. The van der Waals surface area contributed by atoms with Crippen LogP contribution in [0.25, 0.3) is 0 Å². The van der Waals surface area contributed by atoms with Crippen LogP contribution >= 0.6 is 0 Å². The molecule has 0 aromatic heterocycles. The fourth-order valence-corrected chi connectivity index (χ4v) is 2.81. The van der Waals surface area contributed by atoms with Crippen LogP contribution in [-0.2, 0) is 20.7 Å². The number of carbonyl (C=O) groups excluding carboxylic acids is 2. The lowest BCUT2D eigenvalue weighted by Crippen LogP contribution is -2.39. The summed E-state index contributed by atoms with van der Waals surface area (Å²) in [5.41, 5.74) is 0.686. The molecule has 0 aliphatic carbocycles. The van der Waals surface area contributed by atoms with Crippen LogP contribution in [0.15, 0.2) is 18.2 Å². The number of likely N-dealkylation sites (N-methyl/N-ethyl adjacent to an activating group) is 1. The molecule has 1 unspecified atom stereocenters. The lowest BCUT2D eigenvalue weighted by molar-refractivity contribution is -0.152. The van der Waals surface area contributed by atoms with Crippen LogP contribution in [0.2, 0.25) is 0 Å². The first-order valence-corrected chi connectivity index (χ1v) is 9.40. The Hall–Kier alpha value is -2.24. The van der Waals surface area contributed by atoms with Crippen LogP contribution in [0.3, 0.4) is 0 Å². The van der Waals surface area contributed by atoms with Crippen molar-refractivity contribution in [3.63, 3.8) is 0 Å². The summed E-state index contributed by atoms with van der Waals surface area (Å²) in [7, 11) is 1.82. The molecule has 0 spiro atoms. The van der Waals surface area contributed by atoms with E-state index < -0.39 is 5.41 Å². The first-order valence-electron chi connectivity index (χ1n) is 9.40. The molecule has 0 fully saturated rings. The average molecular weight is 377 g/mol. The molecule has 1 aliphatic heterocycles. The van der Waals surface area contributed by atoms with E-state index in [1.54, 1.807) is 18.7 Å². The second kappa shape index (κ2) is 8.63. The molecule has 0 saturated carbocycles. The topological polar surface area (TPSA) is 65.1 Å². The highest BCUT2D eigenvalue weighted by Crippen LogP contribution is 2.33. The summed E-state index contributed by atoms with van der Waals surface area (Å²) < 4.78 is 16.1. The van der Waals surface area contributed by atoms with Crippen molar-refractivity contribution in [3.05, 3.63) is 23.8 Å². The summed E-state index contributed by atoms with van der Waals surface area (Å²) in [6.07, 6.45) is 1.04. The van der Waals surface area contributed by atoms with Gasteiger partial charge >= 0.3 is 5.97 Å². The van der Waals surface area contributed by atoms with Crippen LogP contribution < -0.4 is 9.47 Å². The Balaban J connectivity index is 1.88. The molecule has 0 bridgehead atoms. The van der Waals surface area contributed by atoms with Gasteiger partial charge < -0.3 is 19.1 Å². The molecule has 6 heteroatoms. The van der Waals surface area contributed by atoms with Crippen LogP contribution in [0.4, 0.5) is 0 Å². The number of hydrogen-bond acceptors (Lipinski definition) is 5. The second-order valence-corrected chi connectivity index (χ2v) is 8.35. The van der Waals surface area contributed by atoms with E-state index in [-0.39, 0.29) is 37.2 Å². The maximum absolute atomic E-state index is 12.7. The van der Waals surface area contributed by atoms with Gasteiger partial charge in [0.1, 0.15) is 0 Å².